The van der Waals surface area contributed by atoms with Crippen molar-refractivity contribution >= 4 is 50.8 Å². The van der Waals surface area contributed by atoms with E-state index in [0.29, 0.717) is 30.0 Å². The molecule has 33 heavy (non-hydrogen) atoms. The van der Waals surface area contributed by atoms with Gasteiger partial charge < -0.3 is 4.74 Å². The maximum Gasteiger partial charge on any atom is 0.230 e. The molecule has 0 spiro atoms. The number of carbonyl (C=O) groups is 3. The Morgan fingerprint density at radius 3 is 2.36 bits per heavy atom. The molecule has 5 rings (SSSR count). The number of ketones is 1. The van der Waals surface area contributed by atoms with Crippen molar-refractivity contribution in [2.45, 2.75) is 38.6 Å². The highest BCUT2D eigenvalue weighted by atomic mass is 35.5. The molecule has 1 saturated heterocycles. The summed E-state index contributed by atoms with van der Waals surface area (Å²) in [6.45, 7) is 6.05. The molecule has 3 heterocycles. The molecule has 0 atom stereocenters. The summed E-state index contributed by atoms with van der Waals surface area (Å²) in [5.74, 6) is 0.552. The van der Waals surface area contributed by atoms with Gasteiger partial charge in [0.05, 0.1) is 24.4 Å². The Morgan fingerprint density at radius 2 is 1.73 bits per heavy atom. The fourth-order valence-electron chi connectivity index (χ4n) is 4.28. The summed E-state index contributed by atoms with van der Waals surface area (Å²) < 4.78 is 5.28. The number of ether oxygens (including phenoxy) is 1. The lowest BCUT2D eigenvalue weighted by Gasteiger charge is -2.18. The van der Waals surface area contributed by atoms with Crippen molar-refractivity contribution in [1.29, 1.82) is 0 Å². The second-order valence-corrected chi connectivity index (χ2v) is 9.21. The van der Waals surface area contributed by atoms with E-state index in [9.17, 15) is 14.4 Å². The third kappa shape index (κ3) is 4.18. The molecule has 170 valence electrons. The van der Waals surface area contributed by atoms with Gasteiger partial charge in [-0.05, 0) is 29.7 Å². The molecule has 3 aromatic rings. The molecule has 2 aliphatic rings. The van der Waals surface area contributed by atoms with Gasteiger partial charge in [0, 0.05) is 41.5 Å². The summed E-state index contributed by atoms with van der Waals surface area (Å²) in [5.41, 5.74) is 3.35. The molecule has 0 radical (unpaired) electrons. The molecular formula is C25H23ClN2O4S. The molecular weight excluding hydrogens is 460 g/mol. The van der Waals surface area contributed by atoms with Crippen LogP contribution in [0.1, 0.15) is 35.4 Å². The number of imide groups is 1. The number of methoxy groups -OCH3 is 1. The van der Waals surface area contributed by atoms with Crippen molar-refractivity contribution in [3.63, 3.8) is 0 Å². The molecule has 8 heteroatoms. The summed E-state index contributed by atoms with van der Waals surface area (Å²) in [7, 11) is 1.61. The number of thiophene rings is 1. The maximum atomic E-state index is 12.2. The monoisotopic (exact) mass is 482 g/mol. The van der Waals surface area contributed by atoms with Gasteiger partial charge >= 0.3 is 0 Å². The first kappa shape index (κ1) is 23.1. The first-order valence-corrected chi connectivity index (χ1v) is 11.8. The van der Waals surface area contributed by atoms with Crippen molar-refractivity contribution in [1.82, 2.24) is 9.88 Å². The van der Waals surface area contributed by atoms with Crippen LogP contribution in [-0.2, 0) is 33.8 Å². The molecule has 1 aliphatic heterocycles. The number of carbonyl (C=O) groups excluding carboxylic acids is 3. The number of halogens is 1. The Morgan fingerprint density at radius 1 is 1.06 bits per heavy atom. The van der Waals surface area contributed by atoms with Crippen LogP contribution >= 0.6 is 22.9 Å². The van der Waals surface area contributed by atoms with Gasteiger partial charge in [-0.3, -0.25) is 19.3 Å². The highest BCUT2D eigenvalue weighted by molar-refractivity contribution is 7.19. The topological polar surface area (TPSA) is 76.6 Å². The number of hydrogen-bond donors (Lipinski definition) is 0. The van der Waals surface area contributed by atoms with Gasteiger partial charge in [0.15, 0.2) is 0 Å². The SMILES string of the molecule is C=C.COc1ccc(-c2c(Cl)c(CN3C(=O)CCC3=O)nc3sc4c(c23)CCC(=O)C4)cc1. The van der Waals surface area contributed by atoms with Gasteiger partial charge in [-0.1, -0.05) is 23.7 Å². The van der Waals surface area contributed by atoms with E-state index < -0.39 is 0 Å². The standard InChI is InChI=1S/C23H19ClN2O4S.C2H4/c1-30-14-5-2-12(3-6-14)20-21-15-7-4-13(27)10-17(15)31-23(21)25-16(22(20)24)11-26-18(28)8-9-19(26)29;1-2/h2-3,5-6H,4,7-11H2,1H3;1-2H2. The minimum Gasteiger partial charge on any atom is -0.497 e. The Kier molecular flexibility index (Phi) is 6.63. The van der Waals surface area contributed by atoms with E-state index in [1.54, 1.807) is 7.11 Å². The molecule has 0 bridgehead atoms. The molecule has 2 amide bonds. The zero-order valence-electron chi connectivity index (χ0n) is 18.3. The van der Waals surface area contributed by atoms with Gasteiger partial charge in [-0.15, -0.1) is 24.5 Å². The predicted octanol–water partition coefficient (Wildman–Crippen LogP) is 5.13. The smallest absolute Gasteiger partial charge is 0.230 e. The summed E-state index contributed by atoms with van der Waals surface area (Å²) >= 11 is 8.39. The van der Waals surface area contributed by atoms with Crippen LogP contribution in [0.5, 0.6) is 5.75 Å². The van der Waals surface area contributed by atoms with Crippen LogP contribution in [0.3, 0.4) is 0 Å². The normalized spacial score (nSPS) is 15.5. The largest absolute Gasteiger partial charge is 0.497 e. The van der Waals surface area contributed by atoms with Gasteiger partial charge in [0.25, 0.3) is 0 Å². The van der Waals surface area contributed by atoms with E-state index in [-0.39, 0.29) is 37.0 Å². The van der Waals surface area contributed by atoms with Gasteiger partial charge in [-0.25, -0.2) is 4.98 Å². The van der Waals surface area contributed by atoms with Crippen molar-refractivity contribution in [2.24, 2.45) is 0 Å². The van der Waals surface area contributed by atoms with E-state index in [1.165, 1.54) is 16.2 Å². The van der Waals surface area contributed by atoms with E-state index in [4.69, 9.17) is 21.3 Å². The maximum absolute atomic E-state index is 12.2. The van der Waals surface area contributed by atoms with E-state index in [1.807, 2.05) is 24.3 Å². The highest BCUT2D eigenvalue weighted by Gasteiger charge is 2.32. The number of benzene rings is 1. The van der Waals surface area contributed by atoms with Gasteiger partial charge in [-0.2, -0.15) is 0 Å². The molecule has 0 unspecified atom stereocenters. The lowest BCUT2D eigenvalue weighted by Crippen LogP contribution is -2.29. The first-order chi connectivity index (χ1) is 16.0. The van der Waals surface area contributed by atoms with Gasteiger partial charge in [0.2, 0.25) is 11.8 Å². The fourth-order valence-corrected chi connectivity index (χ4v) is 5.86. The van der Waals surface area contributed by atoms with Crippen LogP contribution in [0.25, 0.3) is 21.3 Å². The number of aryl methyl sites for hydroxylation is 1. The lowest BCUT2D eigenvalue weighted by atomic mass is 9.92. The zero-order chi connectivity index (χ0) is 23.7. The van der Waals surface area contributed by atoms with Crippen molar-refractivity contribution < 1.29 is 19.1 Å². The molecule has 1 aliphatic carbocycles. The Hall–Kier alpha value is -3.03. The number of pyridine rings is 1. The minimum absolute atomic E-state index is 0.0527. The van der Waals surface area contributed by atoms with E-state index in [2.05, 4.69) is 13.2 Å². The predicted molar refractivity (Wildman–Crippen MR) is 130 cm³/mol. The molecule has 0 N–H and O–H groups in total. The van der Waals surface area contributed by atoms with Crippen molar-refractivity contribution in [3.8, 4) is 16.9 Å². The highest BCUT2D eigenvalue weighted by Crippen LogP contribution is 2.45. The van der Waals surface area contributed by atoms with E-state index in [0.717, 1.165) is 37.5 Å². The molecule has 1 aromatic carbocycles. The fraction of sp³-hybridized carbons (Fsp3) is 0.280. The van der Waals surface area contributed by atoms with Crippen LogP contribution in [-0.4, -0.2) is 34.6 Å². The number of Topliss-reactive ketones (excluding diaryl/α,β-unsaturated/α-hetero) is 1. The average Bonchev–Trinajstić information content (AvgIpc) is 3.34. The number of nitrogens with zero attached hydrogens (tertiary/aromatic N) is 2. The number of likely N-dealkylation sites (tertiary alicyclic amines) is 1. The number of aromatic nitrogens is 1. The molecule has 6 nitrogen and oxygen atoms in total. The Labute approximate surface area is 200 Å². The zero-order valence-corrected chi connectivity index (χ0v) is 19.9. The Bertz CT molecular complexity index is 1250. The van der Waals surface area contributed by atoms with E-state index >= 15 is 0 Å². The summed E-state index contributed by atoms with van der Waals surface area (Å²) in [4.78, 5) is 44.2. The third-order valence-corrected chi connectivity index (χ3v) is 7.42. The number of hydrogen-bond acceptors (Lipinski definition) is 6. The number of amides is 2. The van der Waals surface area contributed by atoms with Crippen molar-refractivity contribution in [2.75, 3.05) is 7.11 Å². The summed E-state index contributed by atoms with van der Waals surface area (Å²) in [6, 6.07) is 7.61. The molecule has 1 fully saturated rings. The minimum atomic E-state index is -0.204. The number of rotatable bonds is 4. The quantitative estimate of drug-likeness (QED) is 0.380. The first-order valence-electron chi connectivity index (χ1n) is 10.6. The lowest BCUT2D eigenvalue weighted by molar-refractivity contribution is -0.139. The summed E-state index contributed by atoms with van der Waals surface area (Å²) in [6.07, 6.45) is 2.03. The second-order valence-electron chi connectivity index (χ2n) is 7.75. The number of fused-ring (bicyclic) bond motifs is 3. The van der Waals surface area contributed by atoms with Crippen LogP contribution in [0.4, 0.5) is 0 Å². The molecule has 2 aromatic heterocycles. The van der Waals surface area contributed by atoms with Crippen LogP contribution in [0.15, 0.2) is 37.4 Å². The van der Waals surface area contributed by atoms with Crippen LogP contribution in [0.2, 0.25) is 5.02 Å². The van der Waals surface area contributed by atoms with Crippen LogP contribution in [0, 0.1) is 0 Å². The second kappa shape index (κ2) is 9.45. The average molecular weight is 483 g/mol. The van der Waals surface area contributed by atoms with Crippen molar-refractivity contribution in [3.05, 3.63) is 58.6 Å². The third-order valence-electron chi connectivity index (χ3n) is 5.88. The Balaban J connectivity index is 0.00000126. The van der Waals surface area contributed by atoms with Crippen LogP contribution < -0.4 is 4.74 Å². The summed E-state index contributed by atoms with van der Waals surface area (Å²) in [5, 5.41) is 1.40. The van der Waals surface area contributed by atoms with Gasteiger partial charge in [0.1, 0.15) is 16.4 Å². The molecule has 0 saturated carbocycles.